The van der Waals surface area contributed by atoms with E-state index >= 15 is 0 Å². The molecule has 1 atom stereocenters. The minimum atomic E-state index is -0.403. The normalized spacial score (nSPS) is 18.6. The van der Waals surface area contributed by atoms with Crippen LogP contribution in [0.2, 0.25) is 0 Å². The molecular weight excluding hydrogens is 318 g/mol. The highest BCUT2D eigenvalue weighted by atomic mass is 16.2. The number of hydrogen-bond donors (Lipinski definition) is 2. The second-order valence-electron chi connectivity index (χ2n) is 6.79. The summed E-state index contributed by atoms with van der Waals surface area (Å²) in [6.45, 7) is 5.90. The SMILES string of the molecule is CC(C)N1CCNC(=O)[C@H]1CC(=O)N(C)Cc1nc2ccccc2[nH]1. The van der Waals surface area contributed by atoms with Crippen molar-refractivity contribution in [3.05, 3.63) is 30.1 Å². The van der Waals surface area contributed by atoms with Crippen LogP contribution in [0.5, 0.6) is 0 Å². The van der Waals surface area contributed by atoms with Crippen molar-refractivity contribution in [2.24, 2.45) is 0 Å². The number of nitrogens with one attached hydrogen (secondary N) is 2. The molecule has 0 spiro atoms. The Kier molecular flexibility index (Phi) is 5.03. The van der Waals surface area contributed by atoms with E-state index in [4.69, 9.17) is 0 Å². The van der Waals surface area contributed by atoms with E-state index in [9.17, 15) is 9.59 Å². The van der Waals surface area contributed by atoms with Crippen molar-refractivity contribution in [3.8, 4) is 0 Å². The van der Waals surface area contributed by atoms with Crippen molar-refractivity contribution < 1.29 is 9.59 Å². The highest BCUT2D eigenvalue weighted by Gasteiger charge is 2.33. The average Bonchev–Trinajstić information content (AvgIpc) is 2.98. The minimum Gasteiger partial charge on any atom is -0.353 e. The molecule has 25 heavy (non-hydrogen) atoms. The van der Waals surface area contributed by atoms with Gasteiger partial charge in [-0.25, -0.2) is 4.98 Å². The second-order valence-corrected chi connectivity index (χ2v) is 6.79. The summed E-state index contributed by atoms with van der Waals surface area (Å²) in [6.07, 6.45) is 0.181. The summed E-state index contributed by atoms with van der Waals surface area (Å²) in [6, 6.07) is 7.60. The lowest BCUT2D eigenvalue weighted by molar-refractivity contribution is -0.139. The molecule has 134 valence electrons. The van der Waals surface area contributed by atoms with Gasteiger partial charge in [-0.1, -0.05) is 12.1 Å². The van der Waals surface area contributed by atoms with Crippen molar-refractivity contribution in [2.45, 2.75) is 38.9 Å². The maximum atomic E-state index is 12.6. The third-order valence-corrected chi connectivity index (χ3v) is 4.65. The highest BCUT2D eigenvalue weighted by molar-refractivity contribution is 5.88. The van der Waals surface area contributed by atoms with Gasteiger partial charge in [-0.05, 0) is 26.0 Å². The molecule has 2 aromatic rings. The Bertz CT molecular complexity index is 737. The van der Waals surface area contributed by atoms with Crippen LogP contribution in [0.1, 0.15) is 26.1 Å². The Balaban J connectivity index is 1.66. The number of benzene rings is 1. The molecule has 1 saturated heterocycles. The molecule has 7 heteroatoms. The number of piperazine rings is 1. The fourth-order valence-electron chi connectivity index (χ4n) is 3.28. The quantitative estimate of drug-likeness (QED) is 0.852. The van der Waals surface area contributed by atoms with Crippen LogP contribution < -0.4 is 5.32 Å². The third-order valence-electron chi connectivity index (χ3n) is 4.65. The zero-order valence-corrected chi connectivity index (χ0v) is 15.0. The zero-order chi connectivity index (χ0) is 18.0. The predicted molar refractivity (Wildman–Crippen MR) is 95.8 cm³/mol. The first kappa shape index (κ1) is 17.4. The Morgan fingerprint density at radius 3 is 2.88 bits per heavy atom. The molecule has 1 aliphatic rings. The summed E-state index contributed by atoms with van der Waals surface area (Å²) in [5.74, 6) is 0.615. The maximum absolute atomic E-state index is 12.6. The molecule has 2 N–H and O–H groups in total. The summed E-state index contributed by atoms with van der Waals surface area (Å²) < 4.78 is 0. The number of carbonyl (C=O) groups excluding carboxylic acids is 2. The van der Waals surface area contributed by atoms with Crippen molar-refractivity contribution in [1.82, 2.24) is 25.1 Å². The summed E-state index contributed by atoms with van der Waals surface area (Å²) in [7, 11) is 1.75. The standard InChI is InChI=1S/C18H25N5O2/c1-12(2)23-9-8-19-18(25)15(23)10-17(24)22(3)11-16-20-13-6-4-5-7-14(13)21-16/h4-7,12,15H,8-11H2,1-3H3,(H,19,25)(H,20,21)/t15-/m1/s1. The van der Waals surface area contributed by atoms with E-state index in [-0.39, 0.29) is 24.3 Å². The van der Waals surface area contributed by atoms with Crippen LogP contribution in [-0.4, -0.2) is 63.8 Å². The van der Waals surface area contributed by atoms with E-state index in [1.807, 2.05) is 38.1 Å². The number of para-hydroxylation sites is 2. The van der Waals surface area contributed by atoms with Gasteiger partial charge >= 0.3 is 0 Å². The first-order valence-corrected chi connectivity index (χ1v) is 8.66. The van der Waals surface area contributed by atoms with Crippen LogP contribution in [0, 0.1) is 0 Å². The van der Waals surface area contributed by atoms with Gasteiger partial charge in [-0.2, -0.15) is 0 Å². The molecule has 0 saturated carbocycles. The molecule has 3 rings (SSSR count). The van der Waals surface area contributed by atoms with Gasteiger partial charge in [0.1, 0.15) is 5.82 Å². The van der Waals surface area contributed by atoms with Gasteiger partial charge in [0.15, 0.2) is 0 Å². The monoisotopic (exact) mass is 343 g/mol. The van der Waals surface area contributed by atoms with Crippen LogP contribution in [0.25, 0.3) is 11.0 Å². The van der Waals surface area contributed by atoms with E-state index in [0.717, 1.165) is 23.4 Å². The summed E-state index contributed by atoms with van der Waals surface area (Å²) >= 11 is 0. The number of nitrogens with zero attached hydrogens (tertiary/aromatic N) is 3. The lowest BCUT2D eigenvalue weighted by Gasteiger charge is -2.38. The Hall–Kier alpha value is -2.41. The van der Waals surface area contributed by atoms with Gasteiger partial charge in [0, 0.05) is 26.2 Å². The molecule has 0 bridgehead atoms. The average molecular weight is 343 g/mol. The number of hydrogen-bond acceptors (Lipinski definition) is 4. The molecule has 1 aliphatic heterocycles. The number of carbonyl (C=O) groups is 2. The fraction of sp³-hybridized carbons (Fsp3) is 0.500. The number of amides is 2. The van der Waals surface area contributed by atoms with Crippen molar-refractivity contribution in [3.63, 3.8) is 0 Å². The first-order valence-electron chi connectivity index (χ1n) is 8.66. The molecule has 7 nitrogen and oxygen atoms in total. The lowest BCUT2D eigenvalue weighted by atomic mass is 10.1. The highest BCUT2D eigenvalue weighted by Crippen LogP contribution is 2.15. The molecule has 1 fully saturated rings. The van der Waals surface area contributed by atoms with Gasteiger partial charge < -0.3 is 15.2 Å². The number of rotatable bonds is 5. The topological polar surface area (TPSA) is 81.3 Å². The summed E-state index contributed by atoms with van der Waals surface area (Å²) in [5, 5.41) is 2.86. The maximum Gasteiger partial charge on any atom is 0.237 e. The van der Waals surface area contributed by atoms with Crippen LogP contribution in [-0.2, 0) is 16.1 Å². The molecule has 2 heterocycles. The minimum absolute atomic E-state index is 0.0619. The van der Waals surface area contributed by atoms with E-state index in [1.54, 1.807) is 11.9 Å². The van der Waals surface area contributed by atoms with Crippen LogP contribution in [0.15, 0.2) is 24.3 Å². The largest absolute Gasteiger partial charge is 0.353 e. The van der Waals surface area contributed by atoms with E-state index < -0.39 is 6.04 Å². The van der Waals surface area contributed by atoms with E-state index in [1.165, 1.54) is 0 Å². The third kappa shape index (κ3) is 3.82. The van der Waals surface area contributed by atoms with E-state index in [0.29, 0.717) is 13.1 Å². The Morgan fingerprint density at radius 2 is 2.16 bits per heavy atom. The smallest absolute Gasteiger partial charge is 0.237 e. The van der Waals surface area contributed by atoms with Crippen LogP contribution in [0.3, 0.4) is 0 Å². The Morgan fingerprint density at radius 1 is 1.40 bits per heavy atom. The molecule has 1 aromatic heterocycles. The fourth-order valence-corrected chi connectivity index (χ4v) is 3.28. The van der Waals surface area contributed by atoms with Gasteiger partial charge in [0.25, 0.3) is 0 Å². The Labute approximate surface area is 147 Å². The zero-order valence-electron chi connectivity index (χ0n) is 15.0. The number of H-pyrrole nitrogens is 1. The molecule has 0 unspecified atom stereocenters. The van der Waals surface area contributed by atoms with Gasteiger partial charge in [-0.15, -0.1) is 0 Å². The lowest BCUT2D eigenvalue weighted by Crippen LogP contribution is -2.58. The van der Waals surface area contributed by atoms with E-state index in [2.05, 4.69) is 20.2 Å². The molecule has 0 aliphatic carbocycles. The van der Waals surface area contributed by atoms with Gasteiger partial charge in [-0.3, -0.25) is 14.5 Å². The number of imidazole rings is 1. The summed E-state index contributed by atoms with van der Waals surface area (Å²) in [4.78, 5) is 36.3. The van der Waals surface area contributed by atoms with Crippen molar-refractivity contribution in [1.29, 1.82) is 0 Å². The molecular formula is C18H25N5O2. The van der Waals surface area contributed by atoms with Crippen LogP contribution in [0.4, 0.5) is 0 Å². The first-order chi connectivity index (χ1) is 12.0. The second kappa shape index (κ2) is 7.23. The predicted octanol–water partition coefficient (Wildman–Crippen LogP) is 1.12. The molecule has 2 amide bonds. The summed E-state index contributed by atoms with van der Waals surface area (Å²) in [5.41, 5.74) is 1.84. The van der Waals surface area contributed by atoms with Gasteiger partial charge in [0.2, 0.25) is 11.8 Å². The van der Waals surface area contributed by atoms with Crippen LogP contribution >= 0.6 is 0 Å². The number of aromatic nitrogens is 2. The molecule has 1 aromatic carbocycles. The molecule has 0 radical (unpaired) electrons. The van der Waals surface area contributed by atoms with Crippen molar-refractivity contribution >= 4 is 22.8 Å². The van der Waals surface area contributed by atoms with Gasteiger partial charge in [0.05, 0.1) is 30.0 Å². The number of fused-ring (bicyclic) bond motifs is 1. The number of aromatic amines is 1. The van der Waals surface area contributed by atoms with Crippen molar-refractivity contribution in [2.75, 3.05) is 20.1 Å².